The zero-order valence-electron chi connectivity index (χ0n) is 9.31. The fourth-order valence-corrected chi connectivity index (χ4v) is 1.47. The smallest absolute Gasteiger partial charge is 0.164 e. The molecule has 1 rings (SSSR count). The summed E-state index contributed by atoms with van der Waals surface area (Å²) < 4.78 is 0. The maximum atomic E-state index is 11.6. The Bertz CT molecular complexity index is 306. The van der Waals surface area contributed by atoms with Gasteiger partial charge in [0.2, 0.25) is 0 Å². The third kappa shape index (κ3) is 3.48. The minimum atomic E-state index is -0.859. The van der Waals surface area contributed by atoms with Crippen molar-refractivity contribution < 1.29 is 9.90 Å². The van der Waals surface area contributed by atoms with E-state index in [4.69, 9.17) is 0 Å². The number of hydrogen-bond acceptors (Lipinski definition) is 2. The van der Waals surface area contributed by atoms with E-state index in [1.165, 1.54) is 0 Å². The Morgan fingerprint density at radius 3 is 2.47 bits per heavy atom. The molecule has 0 bridgehead atoms. The number of benzene rings is 1. The number of ketones is 1. The maximum Gasteiger partial charge on any atom is 0.164 e. The Kier molecular flexibility index (Phi) is 4.50. The fraction of sp³-hybridized carbons (Fsp3) is 0.462. The van der Waals surface area contributed by atoms with Gasteiger partial charge in [-0.05, 0) is 12.0 Å². The van der Waals surface area contributed by atoms with E-state index in [-0.39, 0.29) is 11.7 Å². The SMILES string of the molecule is CCC(C)C(=O)C(O)Cc1ccccc1. The van der Waals surface area contributed by atoms with E-state index < -0.39 is 6.10 Å². The molecule has 82 valence electrons. The molecule has 1 aromatic carbocycles. The van der Waals surface area contributed by atoms with Crippen molar-refractivity contribution in [1.82, 2.24) is 0 Å². The summed E-state index contributed by atoms with van der Waals surface area (Å²) in [5.41, 5.74) is 1.00. The van der Waals surface area contributed by atoms with E-state index in [0.717, 1.165) is 12.0 Å². The third-order valence-electron chi connectivity index (χ3n) is 2.70. The fourth-order valence-electron chi connectivity index (χ4n) is 1.47. The van der Waals surface area contributed by atoms with Crippen LogP contribution in [0.2, 0.25) is 0 Å². The van der Waals surface area contributed by atoms with Crippen LogP contribution in [0.25, 0.3) is 0 Å². The summed E-state index contributed by atoms with van der Waals surface area (Å²) in [6.07, 6.45) is 0.344. The molecule has 0 saturated carbocycles. The van der Waals surface area contributed by atoms with Crippen molar-refractivity contribution in [3.8, 4) is 0 Å². The van der Waals surface area contributed by atoms with Crippen LogP contribution in [0.3, 0.4) is 0 Å². The summed E-state index contributed by atoms with van der Waals surface area (Å²) in [7, 11) is 0. The molecule has 0 aliphatic heterocycles. The molecule has 0 aliphatic carbocycles. The molecule has 0 spiro atoms. The number of carbonyl (C=O) groups is 1. The highest BCUT2D eigenvalue weighted by molar-refractivity contribution is 5.85. The van der Waals surface area contributed by atoms with Crippen molar-refractivity contribution in [2.24, 2.45) is 5.92 Å². The van der Waals surface area contributed by atoms with Crippen molar-refractivity contribution in [3.63, 3.8) is 0 Å². The molecule has 0 amide bonds. The predicted octanol–water partition coefficient (Wildman–Crippen LogP) is 2.21. The topological polar surface area (TPSA) is 37.3 Å². The van der Waals surface area contributed by atoms with Gasteiger partial charge in [0.25, 0.3) is 0 Å². The summed E-state index contributed by atoms with van der Waals surface area (Å²) >= 11 is 0. The number of hydrogen-bond donors (Lipinski definition) is 1. The van der Waals surface area contributed by atoms with Crippen LogP contribution in [0.4, 0.5) is 0 Å². The van der Waals surface area contributed by atoms with Crippen molar-refractivity contribution >= 4 is 5.78 Å². The summed E-state index contributed by atoms with van der Waals surface area (Å²) in [6.45, 7) is 3.81. The molecule has 1 N–H and O–H groups in total. The second-order valence-electron chi connectivity index (χ2n) is 3.92. The van der Waals surface area contributed by atoms with Gasteiger partial charge in [-0.1, -0.05) is 44.2 Å². The van der Waals surface area contributed by atoms with Crippen molar-refractivity contribution in [2.45, 2.75) is 32.8 Å². The van der Waals surface area contributed by atoms with Gasteiger partial charge < -0.3 is 5.11 Å². The van der Waals surface area contributed by atoms with Gasteiger partial charge >= 0.3 is 0 Å². The quantitative estimate of drug-likeness (QED) is 0.802. The van der Waals surface area contributed by atoms with E-state index in [1.807, 2.05) is 44.2 Å². The van der Waals surface area contributed by atoms with Gasteiger partial charge in [0.15, 0.2) is 5.78 Å². The van der Waals surface area contributed by atoms with Gasteiger partial charge in [0.05, 0.1) is 0 Å². The first-order valence-electron chi connectivity index (χ1n) is 5.40. The lowest BCUT2D eigenvalue weighted by molar-refractivity contribution is -0.130. The van der Waals surface area contributed by atoms with Gasteiger partial charge in [-0.25, -0.2) is 0 Å². The molecule has 0 radical (unpaired) electrons. The Hall–Kier alpha value is -1.15. The average Bonchev–Trinajstić information content (AvgIpc) is 2.28. The molecule has 2 atom stereocenters. The predicted molar refractivity (Wildman–Crippen MR) is 60.6 cm³/mol. The largest absolute Gasteiger partial charge is 0.385 e. The highest BCUT2D eigenvalue weighted by Gasteiger charge is 2.20. The van der Waals surface area contributed by atoms with Crippen molar-refractivity contribution in [3.05, 3.63) is 35.9 Å². The van der Waals surface area contributed by atoms with Crippen LogP contribution in [0, 0.1) is 5.92 Å². The highest BCUT2D eigenvalue weighted by Crippen LogP contribution is 2.10. The number of Topliss-reactive ketones (excluding diaryl/α,β-unsaturated/α-hetero) is 1. The first-order valence-corrected chi connectivity index (χ1v) is 5.40. The second-order valence-corrected chi connectivity index (χ2v) is 3.92. The molecule has 2 heteroatoms. The number of aliphatic hydroxyl groups excluding tert-OH is 1. The number of carbonyl (C=O) groups excluding carboxylic acids is 1. The standard InChI is InChI=1S/C13H18O2/c1-3-10(2)13(15)12(14)9-11-7-5-4-6-8-11/h4-8,10,12,14H,3,9H2,1-2H3. The minimum Gasteiger partial charge on any atom is -0.385 e. The molecule has 1 aromatic rings. The van der Waals surface area contributed by atoms with Crippen LogP contribution in [-0.4, -0.2) is 17.0 Å². The molecule has 0 fully saturated rings. The van der Waals surface area contributed by atoms with Crippen LogP contribution in [0.15, 0.2) is 30.3 Å². The Labute approximate surface area is 90.9 Å². The van der Waals surface area contributed by atoms with Crippen molar-refractivity contribution in [2.75, 3.05) is 0 Å². The zero-order chi connectivity index (χ0) is 11.3. The highest BCUT2D eigenvalue weighted by atomic mass is 16.3. The molecule has 2 unspecified atom stereocenters. The Morgan fingerprint density at radius 2 is 1.93 bits per heavy atom. The van der Waals surface area contributed by atoms with Crippen LogP contribution >= 0.6 is 0 Å². The first-order chi connectivity index (χ1) is 7.15. The van der Waals surface area contributed by atoms with Crippen LogP contribution in [0.1, 0.15) is 25.8 Å². The Balaban J connectivity index is 2.56. The lowest BCUT2D eigenvalue weighted by Gasteiger charge is -2.13. The van der Waals surface area contributed by atoms with Crippen LogP contribution in [-0.2, 0) is 11.2 Å². The Morgan fingerprint density at radius 1 is 1.33 bits per heavy atom. The lowest BCUT2D eigenvalue weighted by atomic mass is 9.95. The third-order valence-corrected chi connectivity index (χ3v) is 2.70. The molecule has 15 heavy (non-hydrogen) atoms. The molecular weight excluding hydrogens is 188 g/mol. The van der Waals surface area contributed by atoms with Gasteiger partial charge in [0.1, 0.15) is 6.10 Å². The van der Waals surface area contributed by atoms with E-state index in [0.29, 0.717) is 6.42 Å². The average molecular weight is 206 g/mol. The number of rotatable bonds is 5. The number of aliphatic hydroxyl groups is 1. The summed E-state index contributed by atoms with van der Waals surface area (Å²) in [5.74, 6) is -0.106. The first kappa shape index (κ1) is 11.9. The van der Waals surface area contributed by atoms with Crippen LogP contribution in [0.5, 0.6) is 0 Å². The van der Waals surface area contributed by atoms with E-state index in [1.54, 1.807) is 0 Å². The molecule has 0 aromatic heterocycles. The molecule has 0 saturated heterocycles. The van der Waals surface area contributed by atoms with Crippen molar-refractivity contribution in [1.29, 1.82) is 0 Å². The van der Waals surface area contributed by atoms with Crippen LogP contribution < -0.4 is 0 Å². The normalized spacial score (nSPS) is 14.6. The van der Waals surface area contributed by atoms with Gasteiger partial charge in [-0.2, -0.15) is 0 Å². The molecule has 0 heterocycles. The maximum absolute atomic E-state index is 11.6. The molecular formula is C13H18O2. The molecule has 0 aliphatic rings. The van der Waals surface area contributed by atoms with Gasteiger partial charge in [-0.15, -0.1) is 0 Å². The second kappa shape index (κ2) is 5.66. The zero-order valence-corrected chi connectivity index (χ0v) is 9.31. The van der Waals surface area contributed by atoms with Gasteiger partial charge in [-0.3, -0.25) is 4.79 Å². The summed E-state index contributed by atoms with van der Waals surface area (Å²) in [4.78, 5) is 11.6. The lowest BCUT2D eigenvalue weighted by Crippen LogP contribution is -2.28. The van der Waals surface area contributed by atoms with Gasteiger partial charge in [0, 0.05) is 12.3 Å². The van der Waals surface area contributed by atoms with E-state index in [9.17, 15) is 9.90 Å². The molecule has 2 nitrogen and oxygen atoms in total. The summed E-state index contributed by atoms with van der Waals surface area (Å²) in [6, 6.07) is 9.60. The van der Waals surface area contributed by atoms with E-state index >= 15 is 0 Å². The summed E-state index contributed by atoms with van der Waals surface area (Å²) in [5, 5.41) is 9.72. The minimum absolute atomic E-state index is 0.0521. The monoisotopic (exact) mass is 206 g/mol. The van der Waals surface area contributed by atoms with E-state index in [2.05, 4.69) is 0 Å².